The fraction of sp³-hybridized carbons (Fsp3) is 0.545. The Balaban J connectivity index is 1.70. The van der Waals surface area contributed by atoms with E-state index in [1.54, 1.807) is 12.1 Å². The molecule has 0 aromatic heterocycles. The Kier molecular flexibility index (Phi) is 6.35. The summed E-state index contributed by atoms with van der Waals surface area (Å²) < 4.78 is 4.90. The first kappa shape index (κ1) is 21.0. The third-order valence-corrected chi connectivity index (χ3v) is 6.15. The predicted octanol–water partition coefficient (Wildman–Crippen LogP) is 2.79. The Labute approximate surface area is 170 Å². The van der Waals surface area contributed by atoms with Crippen molar-refractivity contribution in [2.24, 2.45) is 11.8 Å². The van der Waals surface area contributed by atoms with Gasteiger partial charge in [-0.05, 0) is 50.3 Å². The number of methoxy groups -OCH3 is 1. The van der Waals surface area contributed by atoms with Crippen molar-refractivity contribution < 1.29 is 23.9 Å². The maximum atomic E-state index is 12.7. The minimum Gasteiger partial charge on any atom is -0.469 e. The molecule has 1 N–H and O–H groups in total. The number of nitrogens with one attached hydrogen (secondary N) is 1. The van der Waals surface area contributed by atoms with Gasteiger partial charge < -0.3 is 10.1 Å². The molecule has 0 radical (unpaired) electrons. The average Bonchev–Trinajstić information content (AvgIpc) is 3.00. The number of benzene rings is 1. The quantitative estimate of drug-likeness (QED) is 0.585. The van der Waals surface area contributed by atoms with Gasteiger partial charge in [-0.3, -0.25) is 24.1 Å². The number of nitrogens with zero attached hydrogens (tertiary/aromatic N) is 1. The van der Waals surface area contributed by atoms with Gasteiger partial charge in [-0.1, -0.05) is 19.8 Å². The van der Waals surface area contributed by atoms with E-state index in [1.807, 2.05) is 13.8 Å². The number of hydrogen-bond acceptors (Lipinski definition) is 5. The normalized spacial score (nSPS) is 22.2. The lowest BCUT2D eigenvalue weighted by molar-refractivity contribution is -0.148. The lowest BCUT2D eigenvalue weighted by Gasteiger charge is -2.29. The molecule has 156 valence electrons. The van der Waals surface area contributed by atoms with Gasteiger partial charge in [-0.15, -0.1) is 0 Å². The monoisotopic (exact) mass is 400 g/mol. The van der Waals surface area contributed by atoms with Crippen LogP contribution in [0.5, 0.6) is 0 Å². The van der Waals surface area contributed by atoms with E-state index in [0.29, 0.717) is 24.1 Å². The van der Waals surface area contributed by atoms with E-state index >= 15 is 0 Å². The van der Waals surface area contributed by atoms with Crippen LogP contribution in [-0.4, -0.2) is 48.3 Å². The Morgan fingerprint density at radius 1 is 1.17 bits per heavy atom. The highest BCUT2D eigenvalue weighted by atomic mass is 16.5. The summed E-state index contributed by atoms with van der Waals surface area (Å²) in [5, 5.41) is 2.88. The average molecular weight is 400 g/mol. The van der Waals surface area contributed by atoms with E-state index in [4.69, 9.17) is 4.74 Å². The van der Waals surface area contributed by atoms with Crippen LogP contribution < -0.4 is 5.32 Å². The minimum absolute atomic E-state index is 0.0404. The molecule has 0 bridgehead atoms. The van der Waals surface area contributed by atoms with E-state index in [2.05, 4.69) is 5.32 Å². The van der Waals surface area contributed by atoms with Gasteiger partial charge in [0.15, 0.2) is 0 Å². The van der Waals surface area contributed by atoms with Crippen LogP contribution in [0, 0.1) is 11.8 Å². The molecular formula is C22H28N2O5. The number of amides is 3. The molecule has 1 saturated carbocycles. The van der Waals surface area contributed by atoms with Crippen molar-refractivity contribution in [1.29, 1.82) is 0 Å². The topological polar surface area (TPSA) is 92.8 Å². The van der Waals surface area contributed by atoms with Crippen molar-refractivity contribution in [2.75, 3.05) is 13.7 Å². The van der Waals surface area contributed by atoms with Crippen LogP contribution in [0.1, 0.15) is 77.0 Å². The summed E-state index contributed by atoms with van der Waals surface area (Å²) in [6.45, 7) is 4.12. The zero-order chi connectivity index (χ0) is 21.1. The highest BCUT2D eigenvalue weighted by Crippen LogP contribution is 2.31. The number of carbonyl (C=O) groups excluding carboxylic acids is 4. The van der Waals surface area contributed by atoms with Gasteiger partial charge in [0.25, 0.3) is 17.7 Å². The van der Waals surface area contributed by atoms with Crippen molar-refractivity contribution in [3.63, 3.8) is 0 Å². The molecule has 0 saturated heterocycles. The summed E-state index contributed by atoms with van der Waals surface area (Å²) in [6, 6.07) is 4.41. The highest BCUT2D eigenvalue weighted by molar-refractivity contribution is 6.22. The van der Waals surface area contributed by atoms with E-state index in [-0.39, 0.29) is 47.1 Å². The number of carbonyl (C=O) groups is 4. The Morgan fingerprint density at radius 3 is 2.55 bits per heavy atom. The van der Waals surface area contributed by atoms with Crippen LogP contribution >= 0.6 is 0 Å². The lowest BCUT2D eigenvalue weighted by atomic mass is 9.79. The molecular weight excluding hydrogens is 372 g/mol. The Hall–Kier alpha value is -2.70. The Bertz CT molecular complexity index is 834. The van der Waals surface area contributed by atoms with Crippen LogP contribution in [-0.2, 0) is 9.53 Å². The molecule has 1 heterocycles. The zero-order valence-corrected chi connectivity index (χ0v) is 17.2. The molecule has 0 spiro atoms. The summed E-state index contributed by atoms with van der Waals surface area (Å²) in [7, 11) is 1.39. The van der Waals surface area contributed by atoms with Gasteiger partial charge >= 0.3 is 5.97 Å². The molecule has 29 heavy (non-hydrogen) atoms. The molecule has 3 atom stereocenters. The molecule has 1 aliphatic carbocycles. The molecule has 3 amide bonds. The SMILES string of the molecule is CCC(C)N1C(=O)c2ccc(C(=O)NCC3CCCCC3C(=O)OC)cc2C1=O. The van der Waals surface area contributed by atoms with Gasteiger partial charge in [-0.25, -0.2) is 0 Å². The third kappa shape index (κ3) is 4.04. The molecule has 1 aliphatic heterocycles. The highest BCUT2D eigenvalue weighted by Gasteiger charge is 2.38. The fourth-order valence-electron chi connectivity index (χ4n) is 4.22. The van der Waals surface area contributed by atoms with Gasteiger partial charge in [0.05, 0.1) is 24.2 Å². The first-order valence-corrected chi connectivity index (χ1v) is 10.3. The first-order valence-electron chi connectivity index (χ1n) is 10.3. The Morgan fingerprint density at radius 2 is 1.86 bits per heavy atom. The first-order chi connectivity index (χ1) is 13.9. The molecule has 2 aliphatic rings. The summed E-state index contributed by atoms with van der Waals surface area (Å²) >= 11 is 0. The summed E-state index contributed by atoms with van der Waals surface area (Å²) in [4.78, 5) is 51.1. The van der Waals surface area contributed by atoms with Crippen LogP contribution in [0.25, 0.3) is 0 Å². The van der Waals surface area contributed by atoms with Crippen LogP contribution in [0.15, 0.2) is 18.2 Å². The van der Waals surface area contributed by atoms with Crippen molar-refractivity contribution in [3.8, 4) is 0 Å². The summed E-state index contributed by atoms with van der Waals surface area (Å²) in [5.41, 5.74) is 0.944. The minimum atomic E-state index is -0.355. The standard InChI is InChI=1S/C22H28N2O5/c1-4-13(2)24-20(26)17-10-9-14(11-18(17)21(24)27)19(25)23-12-15-7-5-6-8-16(15)22(28)29-3/h9-11,13,15-16H,4-8,12H2,1-3H3,(H,23,25). The molecule has 3 unspecified atom stereocenters. The van der Waals surface area contributed by atoms with Crippen molar-refractivity contribution in [1.82, 2.24) is 10.2 Å². The smallest absolute Gasteiger partial charge is 0.309 e. The number of imide groups is 1. The molecule has 7 nitrogen and oxygen atoms in total. The van der Waals surface area contributed by atoms with E-state index < -0.39 is 0 Å². The second-order valence-electron chi connectivity index (χ2n) is 7.88. The molecule has 1 aromatic rings. The number of rotatable bonds is 6. The largest absolute Gasteiger partial charge is 0.469 e. The van der Waals surface area contributed by atoms with E-state index in [1.165, 1.54) is 18.1 Å². The second kappa shape index (κ2) is 8.76. The third-order valence-electron chi connectivity index (χ3n) is 6.15. The number of fused-ring (bicyclic) bond motifs is 1. The molecule has 7 heteroatoms. The number of ether oxygens (including phenoxy) is 1. The van der Waals surface area contributed by atoms with E-state index in [0.717, 1.165) is 25.7 Å². The van der Waals surface area contributed by atoms with Gasteiger partial charge in [0.1, 0.15) is 0 Å². The van der Waals surface area contributed by atoms with Crippen molar-refractivity contribution >= 4 is 23.7 Å². The van der Waals surface area contributed by atoms with Gasteiger partial charge in [0, 0.05) is 18.2 Å². The van der Waals surface area contributed by atoms with Crippen LogP contribution in [0.2, 0.25) is 0 Å². The van der Waals surface area contributed by atoms with Gasteiger partial charge in [0.2, 0.25) is 0 Å². The second-order valence-corrected chi connectivity index (χ2v) is 7.88. The van der Waals surface area contributed by atoms with Gasteiger partial charge in [-0.2, -0.15) is 0 Å². The maximum Gasteiger partial charge on any atom is 0.309 e. The van der Waals surface area contributed by atoms with Crippen molar-refractivity contribution in [2.45, 2.75) is 52.0 Å². The fourth-order valence-corrected chi connectivity index (χ4v) is 4.22. The molecule has 1 fully saturated rings. The van der Waals surface area contributed by atoms with Crippen LogP contribution in [0.4, 0.5) is 0 Å². The van der Waals surface area contributed by atoms with Crippen molar-refractivity contribution in [3.05, 3.63) is 34.9 Å². The summed E-state index contributed by atoms with van der Waals surface area (Å²) in [5.74, 6) is -1.36. The maximum absolute atomic E-state index is 12.7. The number of hydrogen-bond donors (Lipinski definition) is 1. The molecule has 1 aromatic carbocycles. The zero-order valence-electron chi connectivity index (χ0n) is 17.2. The predicted molar refractivity (Wildman–Crippen MR) is 106 cm³/mol. The summed E-state index contributed by atoms with van der Waals surface area (Å²) in [6.07, 6.45) is 4.31. The molecule has 3 rings (SSSR count). The van der Waals surface area contributed by atoms with Crippen LogP contribution in [0.3, 0.4) is 0 Å². The number of esters is 1. The van der Waals surface area contributed by atoms with E-state index in [9.17, 15) is 19.2 Å². The lowest BCUT2D eigenvalue weighted by Crippen LogP contribution is -2.37.